The number of unbranched alkanes of at least 4 members (excludes halogenated alkanes) is 2. The van der Waals surface area contributed by atoms with E-state index in [0.717, 1.165) is 24.9 Å². The first-order valence-electron chi connectivity index (χ1n) is 12.7. The first-order chi connectivity index (χ1) is 16.1. The van der Waals surface area contributed by atoms with Gasteiger partial charge in [-0.3, -0.25) is 0 Å². The average molecular weight is 446 g/mol. The normalized spacial score (nSPS) is 25.2. The smallest absolute Gasteiger partial charge is 0.0761 e. The van der Waals surface area contributed by atoms with E-state index in [1.54, 1.807) is 5.57 Å². The second-order valence-corrected chi connectivity index (χ2v) is 9.99. The molecule has 0 aromatic heterocycles. The molecule has 0 unspecified atom stereocenters. The molecule has 1 fully saturated rings. The molecule has 0 spiro atoms. The summed E-state index contributed by atoms with van der Waals surface area (Å²) < 4.78 is 0. The summed E-state index contributed by atoms with van der Waals surface area (Å²) in [6, 6.07) is 18.7. The van der Waals surface area contributed by atoms with Crippen LogP contribution in [0.15, 0.2) is 78.4 Å². The molecule has 3 heteroatoms. The minimum absolute atomic E-state index is 0.158. The Morgan fingerprint density at radius 3 is 2.73 bits per heavy atom. The van der Waals surface area contributed by atoms with Crippen LogP contribution in [0.3, 0.4) is 0 Å². The topological polar surface area (TPSA) is 52.5 Å². The van der Waals surface area contributed by atoms with Crippen LogP contribution in [0.1, 0.15) is 49.7 Å². The first-order valence-corrected chi connectivity index (χ1v) is 12.7. The summed E-state index contributed by atoms with van der Waals surface area (Å²) in [4.78, 5) is 0. The van der Waals surface area contributed by atoms with E-state index in [4.69, 9.17) is 0 Å². The van der Waals surface area contributed by atoms with Crippen molar-refractivity contribution in [3.63, 3.8) is 0 Å². The fourth-order valence-corrected chi connectivity index (χ4v) is 5.64. The van der Waals surface area contributed by atoms with E-state index in [1.807, 2.05) is 18.2 Å². The molecule has 2 aromatic rings. The van der Waals surface area contributed by atoms with Gasteiger partial charge in [-0.15, -0.1) is 0 Å². The fraction of sp³-hybridized carbons (Fsp3) is 0.467. The first kappa shape index (κ1) is 23.8. The van der Waals surface area contributed by atoms with Crippen molar-refractivity contribution in [2.45, 2.75) is 64.1 Å². The molecule has 33 heavy (non-hydrogen) atoms. The van der Waals surface area contributed by atoms with Crippen LogP contribution in [0, 0.1) is 24.7 Å². The van der Waals surface area contributed by atoms with Gasteiger partial charge in [0, 0.05) is 24.6 Å². The maximum absolute atomic E-state index is 10.6. The lowest BCUT2D eigenvalue weighted by molar-refractivity contribution is 0.140. The van der Waals surface area contributed by atoms with Crippen molar-refractivity contribution >= 4 is 5.69 Å². The Balaban J connectivity index is 1.18. The zero-order chi connectivity index (χ0) is 23.0. The lowest BCUT2D eigenvalue weighted by atomic mass is 9.88. The number of hydrogen-bond acceptors (Lipinski definition) is 3. The second kappa shape index (κ2) is 11.7. The van der Waals surface area contributed by atoms with Crippen molar-refractivity contribution in [3.8, 4) is 0 Å². The molecule has 0 heterocycles. The molecule has 5 atom stereocenters. The molecule has 2 aliphatic carbocycles. The van der Waals surface area contributed by atoms with Crippen molar-refractivity contribution in [1.29, 1.82) is 0 Å². The van der Waals surface area contributed by atoms with Crippen LogP contribution in [0.5, 0.6) is 0 Å². The van der Waals surface area contributed by atoms with Crippen LogP contribution >= 0.6 is 0 Å². The van der Waals surface area contributed by atoms with Gasteiger partial charge in [0.05, 0.1) is 12.2 Å². The molecule has 0 bridgehead atoms. The van der Waals surface area contributed by atoms with Gasteiger partial charge in [-0.25, -0.2) is 0 Å². The summed E-state index contributed by atoms with van der Waals surface area (Å²) >= 11 is 0. The maximum atomic E-state index is 10.6. The molecule has 4 rings (SSSR count). The van der Waals surface area contributed by atoms with Crippen molar-refractivity contribution < 1.29 is 10.2 Å². The molecule has 3 nitrogen and oxygen atoms in total. The zero-order valence-corrected chi connectivity index (χ0v) is 19.9. The molecule has 2 aliphatic rings. The van der Waals surface area contributed by atoms with Crippen LogP contribution in [0.25, 0.3) is 0 Å². The van der Waals surface area contributed by atoms with E-state index in [-0.39, 0.29) is 12.0 Å². The molecule has 3 N–H and O–H groups in total. The summed E-state index contributed by atoms with van der Waals surface area (Å²) in [5.41, 5.74) is 5.15. The number of fused-ring (bicyclic) bond motifs is 1. The number of aliphatic hydroxyl groups excluding tert-OH is 2. The van der Waals surface area contributed by atoms with Crippen molar-refractivity contribution in [1.82, 2.24) is 0 Å². The molecule has 0 aliphatic heterocycles. The van der Waals surface area contributed by atoms with Crippen LogP contribution in [0.2, 0.25) is 0 Å². The van der Waals surface area contributed by atoms with Gasteiger partial charge in [-0.05, 0) is 68.6 Å². The predicted octanol–water partition coefficient (Wildman–Crippen LogP) is 6.07. The van der Waals surface area contributed by atoms with Crippen LogP contribution in [0.4, 0.5) is 5.69 Å². The fourth-order valence-electron chi connectivity index (χ4n) is 5.64. The molecule has 1 saturated carbocycles. The van der Waals surface area contributed by atoms with Crippen LogP contribution in [-0.2, 0) is 6.42 Å². The molecule has 0 amide bonds. The Morgan fingerprint density at radius 1 is 1.06 bits per heavy atom. The standard InChI is InChI=1S/C30H39NO2/c1-22-9-8-11-23(17-22)19-27(32)14-15-28-29-20-24(18-25(29)21-30(28)33)10-4-3-7-16-31-26-12-5-2-6-13-26/h2,5-6,8-9,11-15,17-18,25,27-33H,3-4,7,10,16,19-21H2,1H3/b15-14+/t25-,27+,28+,29-,30+/m0/s1. The van der Waals surface area contributed by atoms with Gasteiger partial charge in [0.1, 0.15) is 0 Å². The molecular weight excluding hydrogens is 406 g/mol. The maximum Gasteiger partial charge on any atom is 0.0761 e. The highest BCUT2D eigenvalue weighted by molar-refractivity contribution is 5.42. The summed E-state index contributed by atoms with van der Waals surface area (Å²) in [5, 5.41) is 24.6. The number of nitrogens with one attached hydrogen (secondary N) is 1. The van der Waals surface area contributed by atoms with E-state index in [2.05, 4.69) is 66.9 Å². The van der Waals surface area contributed by atoms with E-state index in [1.165, 1.54) is 36.9 Å². The number of benzene rings is 2. The minimum atomic E-state index is -0.503. The second-order valence-electron chi connectivity index (χ2n) is 9.99. The lowest BCUT2D eigenvalue weighted by Gasteiger charge is -2.19. The predicted molar refractivity (Wildman–Crippen MR) is 137 cm³/mol. The minimum Gasteiger partial charge on any atom is -0.392 e. The van der Waals surface area contributed by atoms with Gasteiger partial charge in [-0.1, -0.05) is 78.3 Å². The highest BCUT2D eigenvalue weighted by Gasteiger charge is 2.43. The van der Waals surface area contributed by atoms with Crippen molar-refractivity contribution in [3.05, 3.63) is 89.5 Å². The van der Waals surface area contributed by atoms with E-state index in [9.17, 15) is 10.2 Å². The summed E-state index contributed by atoms with van der Waals surface area (Å²) in [6.45, 7) is 3.10. The number of aryl methyl sites for hydroxylation is 1. The summed E-state index contributed by atoms with van der Waals surface area (Å²) in [7, 11) is 0. The number of para-hydroxylation sites is 1. The monoisotopic (exact) mass is 445 g/mol. The molecule has 2 aromatic carbocycles. The summed E-state index contributed by atoms with van der Waals surface area (Å²) in [5.74, 6) is 1.15. The number of rotatable bonds is 11. The molecule has 176 valence electrons. The van der Waals surface area contributed by atoms with Crippen molar-refractivity contribution in [2.75, 3.05) is 11.9 Å². The highest BCUT2D eigenvalue weighted by atomic mass is 16.3. The van der Waals surface area contributed by atoms with E-state index < -0.39 is 6.10 Å². The highest BCUT2D eigenvalue weighted by Crippen LogP contribution is 2.48. The zero-order valence-electron chi connectivity index (χ0n) is 19.9. The largest absolute Gasteiger partial charge is 0.392 e. The third-order valence-electron chi connectivity index (χ3n) is 7.31. The third kappa shape index (κ3) is 6.82. The number of allylic oxidation sites excluding steroid dienone is 2. The number of hydrogen-bond donors (Lipinski definition) is 3. The lowest BCUT2D eigenvalue weighted by Crippen LogP contribution is -2.18. The van der Waals surface area contributed by atoms with Gasteiger partial charge < -0.3 is 15.5 Å². The van der Waals surface area contributed by atoms with Gasteiger partial charge >= 0.3 is 0 Å². The number of aliphatic hydroxyl groups is 2. The Labute approximate surface area is 199 Å². The van der Waals surface area contributed by atoms with Gasteiger partial charge in [0.25, 0.3) is 0 Å². The SMILES string of the molecule is Cc1cccc(C[C@H](O)/C=C/[C@@H]2[C@H]3CC(CCCCCNc4ccccc4)=C[C@H]3C[C@H]2O)c1. The Hall–Kier alpha value is -2.36. The summed E-state index contributed by atoms with van der Waals surface area (Å²) in [6.07, 6.45) is 13.1. The van der Waals surface area contributed by atoms with Crippen molar-refractivity contribution in [2.24, 2.45) is 17.8 Å². The van der Waals surface area contributed by atoms with Gasteiger partial charge in [-0.2, -0.15) is 0 Å². The van der Waals surface area contributed by atoms with Crippen LogP contribution < -0.4 is 5.32 Å². The van der Waals surface area contributed by atoms with E-state index in [0.29, 0.717) is 18.3 Å². The van der Waals surface area contributed by atoms with Crippen LogP contribution in [-0.4, -0.2) is 29.0 Å². The Bertz CT molecular complexity index is 935. The number of anilines is 1. The third-order valence-corrected chi connectivity index (χ3v) is 7.31. The molecule has 0 saturated heterocycles. The molecule has 0 radical (unpaired) electrons. The average Bonchev–Trinajstić information content (AvgIpc) is 3.31. The Morgan fingerprint density at radius 2 is 1.91 bits per heavy atom. The van der Waals surface area contributed by atoms with Gasteiger partial charge in [0.2, 0.25) is 0 Å². The molecular formula is C30H39NO2. The quantitative estimate of drug-likeness (QED) is 0.291. The Kier molecular flexibility index (Phi) is 8.41. The van der Waals surface area contributed by atoms with E-state index >= 15 is 0 Å². The van der Waals surface area contributed by atoms with Gasteiger partial charge in [0.15, 0.2) is 0 Å².